The maximum Gasteiger partial charge on any atom is 0.254 e. The first-order valence-corrected chi connectivity index (χ1v) is 7.24. The SMILES string of the molecule is CC(C)C1CCCN1C(=O)c1cccc(I)c1. The lowest BCUT2D eigenvalue weighted by atomic mass is 10.0. The predicted octanol–water partition coefficient (Wildman–Crippen LogP) is 3.55. The second-order valence-electron chi connectivity index (χ2n) is 4.96. The lowest BCUT2D eigenvalue weighted by molar-refractivity contribution is 0.0701. The Kier molecular flexibility index (Phi) is 4.07. The summed E-state index contributed by atoms with van der Waals surface area (Å²) < 4.78 is 1.12. The highest BCUT2D eigenvalue weighted by Crippen LogP contribution is 2.25. The normalized spacial score (nSPS) is 20.0. The van der Waals surface area contributed by atoms with Crippen LogP contribution in [0.15, 0.2) is 24.3 Å². The van der Waals surface area contributed by atoms with Gasteiger partial charge in [0.25, 0.3) is 5.91 Å². The highest BCUT2D eigenvalue weighted by Gasteiger charge is 2.31. The molecule has 1 heterocycles. The zero-order chi connectivity index (χ0) is 12.4. The van der Waals surface area contributed by atoms with Crippen molar-refractivity contribution < 1.29 is 4.79 Å². The molecule has 1 saturated heterocycles. The number of hydrogen-bond acceptors (Lipinski definition) is 1. The van der Waals surface area contributed by atoms with Gasteiger partial charge in [0.05, 0.1) is 0 Å². The fourth-order valence-corrected chi connectivity index (χ4v) is 3.07. The number of rotatable bonds is 2. The number of halogens is 1. The van der Waals surface area contributed by atoms with Crippen LogP contribution in [0.5, 0.6) is 0 Å². The van der Waals surface area contributed by atoms with Crippen molar-refractivity contribution in [1.29, 1.82) is 0 Å². The topological polar surface area (TPSA) is 20.3 Å². The van der Waals surface area contributed by atoms with E-state index in [0.29, 0.717) is 12.0 Å². The minimum atomic E-state index is 0.194. The Balaban J connectivity index is 2.20. The van der Waals surface area contributed by atoms with Crippen molar-refractivity contribution >= 4 is 28.5 Å². The molecule has 0 N–H and O–H groups in total. The standard InChI is InChI=1S/C14H18INO/c1-10(2)13-7-4-8-16(13)14(17)11-5-3-6-12(15)9-11/h3,5-6,9-10,13H,4,7-8H2,1-2H3. The summed E-state index contributed by atoms with van der Waals surface area (Å²) in [6.45, 7) is 5.31. The predicted molar refractivity (Wildman–Crippen MR) is 78.1 cm³/mol. The van der Waals surface area contributed by atoms with Gasteiger partial charge in [-0.15, -0.1) is 0 Å². The van der Waals surface area contributed by atoms with E-state index in [1.807, 2.05) is 24.3 Å². The highest BCUT2D eigenvalue weighted by atomic mass is 127. The van der Waals surface area contributed by atoms with Gasteiger partial charge >= 0.3 is 0 Å². The van der Waals surface area contributed by atoms with Gasteiger partial charge in [-0.3, -0.25) is 4.79 Å². The smallest absolute Gasteiger partial charge is 0.254 e. The van der Waals surface area contributed by atoms with Crippen molar-refractivity contribution in [2.45, 2.75) is 32.7 Å². The van der Waals surface area contributed by atoms with Crippen molar-refractivity contribution in [2.24, 2.45) is 5.92 Å². The Bertz CT molecular complexity index is 416. The van der Waals surface area contributed by atoms with Crippen LogP contribution in [0, 0.1) is 9.49 Å². The minimum Gasteiger partial charge on any atom is -0.335 e. The van der Waals surface area contributed by atoms with E-state index < -0.39 is 0 Å². The largest absolute Gasteiger partial charge is 0.335 e. The molecule has 0 spiro atoms. The molecule has 0 aromatic heterocycles. The van der Waals surface area contributed by atoms with Crippen molar-refractivity contribution in [2.75, 3.05) is 6.54 Å². The lowest BCUT2D eigenvalue weighted by Crippen LogP contribution is -2.38. The van der Waals surface area contributed by atoms with Gasteiger partial charge in [-0.1, -0.05) is 19.9 Å². The molecule has 0 radical (unpaired) electrons. The van der Waals surface area contributed by atoms with E-state index in [-0.39, 0.29) is 5.91 Å². The van der Waals surface area contributed by atoms with Crippen molar-refractivity contribution in [3.8, 4) is 0 Å². The van der Waals surface area contributed by atoms with Gasteiger partial charge in [0, 0.05) is 21.7 Å². The fraction of sp³-hybridized carbons (Fsp3) is 0.500. The average Bonchev–Trinajstić information content (AvgIpc) is 2.77. The van der Waals surface area contributed by atoms with E-state index in [4.69, 9.17) is 0 Å². The monoisotopic (exact) mass is 343 g/mol. The van der Waals surface area contributed by atoms with E-state index in [1.165, 1.54) is 0 Å². The molecule has 1 aliphatic rings. The molecule has 1 atom stereocenters. The van der Waals surface area contributed by atoms with Crippen LogP contribution in [0.25, 0.3) is 0 Å². The number of likely N-dealkylation sites (tertiary alicyclic amines) is 1. The molecule has 1 aliphatic heterocycles. The molecular formula is C14H18INO. The summed E-state index contributed by atoms with van der Waals surface area (Å²) in [5.41, 5.74) is 0.824. The summed E-state index contributed by atoms with van der Waals surface area (Å²) in [5, 5.41) is 0. The lowest BCUT2D eigenvalue weighted by Gasteiger charge is -2.27. The summed E-state index contributed by atoms with van der Waals surface area (Å²) in [4.78, 5) is 14.5. The van der Waals surface area contributed by atoms with Crippen LogP contribution in [-0.2, 0) is 0 Å². The van der Waals surface area contributed by atoms with E-state index in [1.54, 1.807) is 0 Å². The Labute approximate surface area is 117 Å². The number of amides is 1. The summed E-state index contributed by atoms with van der Waals surface area (Å²) in [7, 11) is 0. The van der Waals surface area contributed by atoms with Crippen LogP contribution in [0.4, 0.5) is 0 Å². The third kappa shape index (κ3) is 2.81. The molecule has 0 bridgehead atoms. The van der Waals surface area contributed by atoms with Crippen molar-refractivity contribution in [3.05, 3.63) is 33.4 Å². The first-order valence-electron chi connectivity index (χ1n) is 6.16. The zero-order valence-corrected chi connectivity index (χ0v) is 12.5. The highest BCUT2D eigenvalue weighted by molar-refractivity contribution is 14.1. The van der Waals surface area contributed by atoms with Crippen LogP contribution in [-0.4, -0.2) is 23.4 Å². The maximum atomic E-state index is 12.4. The van der Waals surface area contributed by atoms with Gasteiger partial charge in [-0.2, -0.15) is 0 Å². The fourth-order valence-electron chi connectivity index (χ4n) is 2.53. The molecule has 17 heavy (non-hydrogen) atoms. The van der Waals surface area contributed by atoms with Gasteiger partial charge in [0.1, 0.15) is 0 Å². The molecule has 3 heteroatoms. The van der Waals surface area contributed by atoms with Gasteiger partial charge in [0.2, 0.25) is 0 Å². The third-order valence-corrected chi connectivity index (χ3v) is 4.07. The first kappa shape index (κ1) is 12.9. The molecule has 92 valence electrons. The Morgan fingerprint density at radius 1 is 1.47 bits per heavy atom. The second-order valence-corrected chi connectivity index (χ2v) is 6.21. The molecule has 1 amide bonds. The van der Waals surface area contributed by atoms with Gasteiger partial charge < -0.3 is 4.90 Å². The van der Waals surface area contributed by atoms with E-state index in [2.05, 4.69) is 41.3 Å². The number of carbonyl (C=O) groups excluding carboxylic acids is 1. The molecule has 1 aromatic rings. The van der Waals surface area contributed by atoms with Crippen molar-refractivity contribution in [3.63, 3.8) is 0 Å². The minimum absolute atomic E-state index is 0.194. The third-order valence-electron chi connectivity index (χ3n) is 3.40. The van der Waals surface area contributed by atoms with E-state index >= 15 is 0 Å². The number of carbonyl (C=O) groups is 1. The Morgan fingerprint density at radius 3 is 2.88 bits per heavy atom. The quantitative estimate of drug-likeness (QED) is 0.752. The summed E-state index contributed by atoms with van der Waals surface area (Å²) in [6, 6.07) is 8.27. The summed E-state index contributed by atoms with van der Waals surface area (Å²) in [6.07, 6.45) is 2.28. The zero-order valence-electron chi connectivity index (χ0n) is 10.3. The van der Waals surface area contributed by atoms with Crippen LogP contribution in [0.2, 0.25) is 0 Å². The molecule has 1 unspecified atom stereocenters. The van der Waals surface area contributed by atoms with Gasteiger partial charge in [0.15, 0.2) is 0 Å². The number of hydrogen-bond donors (Lipinski definition) is 0. The molecule has 2 nitrogen and oxygen atoms in total. The summed E-state index contributed by atoms with van der Waals surface area (Å²) >= 11 is 2.25. The van der Waals surface area contributed by atoms with Crippen LogP contribution in [0.1, 0.15) is 37.0 Å². The second kappa shape index (κ2) is 5.38. The van der Waals surface area contributed by atoms with Gasteiger partial charge in [-0.05, 0) is 59.5 Å². The average molecular weight is 343 g/mol. The Morgan fingerprint density at radius 2 is 2.24 bits per heavy atom. The molecular weight excluding hydrogens is 325 g/mol. The van der Waals surface area contributed by atoms with E-state index in [9.17, 15) is 4.79 Å². The molecule has 0 saturated carbocycles. The maximum absolute atomic E-state index is 12.4. The number of nitrogens with zero attached hydrogens (tertiary/aromatic N) is 1. The molecule has 2 rings (SSSR count). The first-order chi connectivity index (χ1) is 8.09. The number of benzene rings is 1. The van der Waals surface area contributed by atoms with Crippen LogP contribution < -0.4 is 0 Å². The summed E-state index contributed by atoms with van der Waals surface area (Å²) in [5.74, 6) is 0.740. The van der Waals surface area contributed by atoms with E-state index in [0.717, 1.165) is 28.5 Å². The Hall–Kier alpha value is -0.580. The van der Waals surface area contributed by atoms with Crippen LogP contribution in [0.3, 0.4) is 0 Å². The molecule has 1 aromatic carbocycles. The molecule has 0 aliphatic carbocycles. The van der Waals surface area contributed by atoms with Gasteiger partial charge in [-0.25, -0.2) is 0 Å². The van der Waals surface area contributed by atoms with Crippen molar-refractivity contribution in [1.82, 2.24) is 4.90 Å². The van der Waals surface area contributed by atoms with Crippen LogP contribution >= 0.6 is 22.6 Å². The molecule has 1 fully saturated rings.